The van der Waals surface area contributed by atoms with Crippen molar-refractivity contribution in [3.05, 3.63) is 39.9 Å². The molecule has 2 bridgehead atoms. The van der Waals surface area contributed by atoms with Crippen molar-refractivity contribution in [1.82, 2.24) is 4.90 Å². The number of nitro benzene ring substituents is 1. The van der Waals surface area contributed by atoms with Crippen molar-refractivity contribution in [3.8, 4) is 0 Å². The van der Waals surface area contributed by atoms with Gasteiger partial charge in [-0.1, -0.05) is 0 Å². The third kappa shape index (κ3) is 3.64. The third-order valence-electron chi connectivity index (χ3n) is 4.72. The zero-order valence-electron chi connectivity index (χ0n) is 12.7. The minimum atomic E-state index is -0.495. The van der Waals surface area contributed by atoms with Crippen molar-refractivity contribution in [1.29, 1.82) is 0 Å². The molecule has 0 spiro atoms. The molecule has 0 aliphatic carbocycles. The number of carbonyl (C=O) groups is 1. The molecule has 7 heteroatoms. The van der Waals surface area contributed by atoms with E-state index in [1.54, 1.807) is 0 Å². The van der Waals surface area contributed by atoms with E-state index in [4.69, 9.17) is 16.3 Å². The van der Waals surface area contributed by atoms with Gasteiger partial charge in [0.05, 0.1) is 10.5 Å². The number of alkyl halides is 1. The van der Waals surface area contributed by atoms with Gasteiger partial charge in [-0.25, -0.2) is 4.79 Å². The van der Waals surface area contributed by atoms with Gasteiger partial charge in [-0.3, -0.25) is 15.0 Å². The Bertz CT molecular complexity index is 578. The van der Waals surface area contributed by atoms with Crippen LogP contribution in [0.4, 0.5) is 5.69 Å². The fraction of sp³-hybridized carbons (Fsp3) is 0.562. The van der Waals surface area contributed by atoms with E-state index in [1.165, 1.54) is 37.1 Å². The first-order chi connectivity index (χ1) is 11.0. The number of rotatable bonds is 5. The van der Waals surface area contributed by atoms with Gasteiger partial charge in [0.2, 0.25) is 0 Å². The van der Waals surface area contributed by atoms with Gasteiger partial charge in [0, 0.05) is 36.1 Å². The summed E-state index contributed by atoms with van der Waals surface area (Å²) in [6.07, 6.45) is 4.36. The number of hydrogen-bond acceptors (Lipinski definition) is 5. The van der Waals surface area contributed by atoms with Crippen LogP contribution in [0.25, 0.3) is 0 Å². The number of hydrogen-bond donors (Lipinski definition) is 0. The first kappa shape index (κ1) is 16.2. The monoisotopic (exact) mass is 338 g/mol. The Morgan fingerprint density at radius 2 is 1.87 bits per heavy atom. The predicted molar refractivity (Wildman–Crippen MR) is 85.8 cm³/mol. The maximum atomic E-state index is 12.0. The summed E-state index contributed by atoms with van der Waals surface area (Å²) >= 11 is 6.25. The normalized spacial score (nSPS) is 26.9. The Labute approximate surface area is 139 Å². The van der Waals surface area contributed by atoms with Crippen molar-refractivity contribution in [2.75, 3.05) is 13.2 Å². The largest absolute Gasteiger partial charge is 0.461 e. The predicted octanol–water partition coefficient (Wildman–Crippen LogP) is 2.99. The summed E-state index contributed by atoms with van der Waals surface area (Å²) < 4.78 is 5.30. The fourth-order valence-corrected chi connectivity index (χ4v) is 4.03. The van der Waals surface area contributed by atoms with Gasteiger partial charge in [0.1, 0.15) is 6.61 Å². The van der Waals surface area contributed by atoms with E-state index < -0.39 is 10.9 Å². The molecule has 2 aliphatic heterocycles. The van der Waals surface area contributed by atoms with E-state index in [0.29, 0.717) is 24.3 Å². The van der Waals surface area contributed by atoms with Crippen molar-refractivity contribution in [3.63, 3.8) is 0 Å². The molecular formula is C16H19ClN2O4. The van der Waals surface area contributed by atoms with Crippen molar-refractivity contribution < 1.29 is 14.5 Å². The van der Waals surface area contributed by atoms with Crippen LogP contribution in [-0.4, -0.2) is 46.4 Å². The molecule has 2 fully saturated rings. The molecule has 1 aromatic carbocycles. The summed E-state index contributed by atoms with van der Waals surface area (Å²) in [4.78, 5) is 24.5. The molecule has 0 saturated carbocycles. The zero-order valence-corrected chi connectivity index (χ0v) is 13.4. The molecule has 23 heavy (non-hydrogen) atoms. The molecule has 124 valence electrons. The lowest BCUT2D eigenvalue weighted by Gasteiger charge is -2.36. The Balaban J connectivity index is 1.49. The van der Waals surface area contributed by atoms with Crippen LogP contribution in [0.15, 0.2) is 24.3 Å². The van der Waals surface area contributed by atoms with E-state index in [2.05, 4.69) is 4.90 Å². The zero-order chi connectivity index (χ0) is 16.4. The van der Waals surface area contributed by atoms with Crippen LogP contribution in [0, 0.1) is 10.1 Å². The highest BCUT2D eigenvalue weighted by atomic mass is 35.5. The number of nitro groups is 1. The Hall–Kier alpha value is -1.66. The number of carbonyl (C=O) groups excluding carboxylic acids is 1. The van der Waals surface area contributed by atoms with E-state index in [1.807, 2.05) is 0 Å². The maximum Gasteiger partial charge on any atom is 0.338 e. The van der Waals surface area contributed by atoms with Crippen molar-refractivity contribution >= 4 is 23.3 Å². The molecule has 0 radical (unpaired) electrons. The molecule has 0 amide bonds. The van der Waals surface area contributed by atoms with Crippen LogP contribution in [0.5, 0.6) is 0 Å². The second-order valence-corrected chi connectivity index (χ2v) is 6.75. The summed E-state index contributed by atoms with van der Waals surface area (Å²) in [6, 6.07) is 6.47. The third-order valence-corrected chi connectivity index (χ3v) is 5.08. The first-order valence-electron chi connectivity index (χ1n) is 7.86. The summed E-state index contributed by atoms with van der Waals surface area (Å²) in [5, 5.41) is 10.9. The molecule has 2 heterocycles. The van der Waals surface area contributed by atoms with Crippen molar-refractivity contribution in [2.45, 2.75) is 43.1 Å². The number of nitrogens with zero attached hydrogens (tertiary/aromatic N) is 2. The standard InChI is InChI=1S/C16H19ClN2O4/c17-12-9-14-5-6-15(10-12)18(14)7-8-23-16(20)11-1-3-13(4-2-11)19(21)22/h1-4,12,14-15H,5-10H2/t12?,14-,15+. The number of piperidine rings is 1. The minimum absolute atomic E-state index is 0.0397. The molecular weight excluding hydrogens is 320 g/mol. The number of non-ortho nitro benzene ring substituents is 1. The van der Waals surface area contributed by atoms with Crippen LogP contribution in [0.3, 0.4) is 0 Å². The molecule has 0 N–H and O–H groups in total. The summed E-state index contributed by atoms with van der Waals surface area (Å²) in [7, 11) is 0. The first-order valence-corrected chi connectivity index (χ1v) is 8.29. The number of halogens is 1. The van der Waals surface area contributed by atoms with Gasteiger partial charge < -0.3 is 4.74 Å². The Morgan fingerprint density at radius 1 is 1.26 bits per heavy atom. The van der Waals surface area contributed by atoms with Crippen LogP contribution >= 0.6 is 11.6 Å². The second kappa shape index (κ2) is 6.84. The average molecular weight is 339 g/mol. The van der Waals surface area contributed by atoms with Gasteiger partial charge in [-0.15, -0.1) is 11.6 Å². The molecule has 0 aromatic heterocycles. The van der Waals surface area contributed by atoms with Crippen LogP contribution in [0.2, 0.25) is 0 Å². The number of benzene rings is 1. The van der Waals surface area contributed by atoms with E-state index >= 15 is 0 Å². The average Bonchev–Trinajstić information content (AvgIpc) is 2.77. The highest BCUT2D eigenvalue weighted by Gasteiger charge is 2.39. The van der Waals surface area contributed by atoms with Crippen LogP contribution in [-0.2, 0) is 4.74 Å². The smallest absolute Gasteiger partial charge is 0.338 e. The molecule has 2 saturated heterocycles. The summed E-state index contributed by atoms with van der Waals surface area (Å²) in [6.45, 7) is 1.05. The van der Waals surface area contributed by atoms with Crippen LogP contribution in [0.1, 0.15) is 36.0 Å². The van der Waals surface area contributed by atoms with Gasteiger partial charge >= 0.3 is 5.97 Å². The molecule has 3 rings (SSSR count). The summed E-state index contributed by atoms with van der Waals surface area (Å²) in [5.41, 5.74) is 0.292. The topological polar surface area (TPSA) is 72.7 Å². The molecule has 3 atom stereocenters. The van der Waals surface area contributed by atoms with E-state index in [-0.39, 0.29) is 11.1 Å². The van der Waals surface area contributed by atoms with Crippen LogP contribution < -0.4 is 0 Å². The fourth-order valence-electron chi connectivity index (χ4n) is 3.62. The highest BCUT2D eigenvalue weighted by Crippen LogP contribution is 2.37. The number of esters is 1. The molecule has 2 aliphatic rings. The van der Waals surface area contributed by atoms with Gasteiger partial charge in [0.25, 0.3) is 5.69 Å². The minimum Gasteiger partial charge on any atom is -0.461 e. The second-order valence-electron chi connectivity index (χ2n) is 6.13. The quantitative estimate of drug-likeness (QED) is 0.357. The molecule has 1 aromatic rings. The maximum absolute atomic E-state index is 12.0. The number of ether oxygens (including phenoxy) is 1. The SMILES string of the molecule is O=C(OCCN1[C@@H]2CC[C@H]1CC(Cl)C2)c1ccc([N+](=O)[O-])cc1. The molecule has 1 unspecified atom stereocenters. The lowest BCUT2D eigenvalue weighted by Crippen LogP contribution is -2.45. The van der Waals surface area contributed by atoms with E-state index in [0.717, 1.165) is 19.4 Å². The number of fused-ring (bicyclic) bond motifs is 2. The van der Waals surface area contributed by atoms with Gasteiger partial charge in [-0.05, 0) is 37.8 Å². The Morgan fingerprint density at radius 3 is 2.43 bits per heavy atom. The lowest BCUT2D eigenvalue weighted by atomic mass is 10.0. The highest BCUT2D eigenvalue weighted by molar-refractivity contribution is 6.20. The van der Waals surface area contributed by atoms with E-state index in [9.17, 15) is 14.9 Å². The lowest BCUT2D eigenvalue weighted by molar-refractivity contribution is -0.384. The van der Waals surface area contributed by atoms with Crippen molar-refractivity contribution in [2.24, 2.45) is 0 Å². The molecule has 6 nitrogen and oxygen atoms in total. The summed E-state index contributed by atoms with van der Waals surface area (Å²) in [5.74, 6) is -0.445. The Kier molecular flexibility index (Phi) is 4.82. The van der Waals surface area contributed by atoms with Gasteiger partial charge in [-0.2, -0.15) is 0 Å². The van der Waals surface area contributed by atoms with Gasteiger partial charge in [0.15, 0.2) is 0 Å².